The molecular weight excluding hydrogens is 274 g/mol. The van der Waals surface area contributed by atoms with Gasteiger partial charge in [-0.3, -0.25) is 19.9 Å². The molecule has 0 aliphatic carbocycles. The molecule has 4 N–H and O–H groups in total. The first-order chi connectivity index (χ1) is 9.97. The number of nitrogens with one attached hydrogen (secondary N) is 2. The third kappa shape index (κ3) is 2.02. The Bertz CT molecular complexity index is 925. The van der Waals surface area contributed by atoms with Gasteiger partial charge in [0.2, 0.25) is 5.95 Å². The summed E-state index contributed by atoms with van der Waals surface area (Å²) in [5.41, 5.74) is 7.29. The highest BCUT2D eigenvalue weighted by molar-refractivity contribution is 5.95. The molecule has 8 heteroatoms. The molecule has 1 aromatic carbocycles. The maximum Gasteiger partial charge on any atom is 0.270 e. The number of H-pyrrole nitrogens is 2. The monoisotopic (exact) mass is 285 g/mol. The van der Waals surface area contributed by atoms with E-state index in [1.165, 1.54) is 12.1 Å². The summed E-state index contributed by atoms with van der Waals surface area (Å²) >= 11 is 0. The molecule has 0 spiro atoms. The average molecular weight is 285 g/mol. The topological polar surface area (TPSA) is 131 Å². The number of anilines is 1. The van der Waals surface area contributed by atoms with Crippen LogP contribution in [0.4, 0.5) is 11.6 Å². The molecule has 2 heterocycles. The summed E-state index contributed by atoms with van der Waals surface area (Å²) in [6.45, 7) is 1.77. The molecule has 21 heavy (non-hydrogen) atoms. The number of aryl methyl sites for hydroxylation is 1. The number of fused-ring (bicyclic) bond motifs is 1. The summed E-state index contributed by atoms with van der Waals surface area (Å²) < 4.78 is 0. The first-order valence-electron chi connectivity index (χ1n) is 6.10. The lowest BCUT2D eigenvalue weighted by Crippen LogP contribution is -2.10. The van der Waals surface area contributed by atoms with Crippen molar-refractivity contribution in [1.29, 1.82) is 0 Å². The fourth-order valence-corrected chi connectivity index (χ4v) is 2.38. The number of aromatic amines is 2. The molecule has 106 valence electrons. The Labute approximate surface area is 117 Å². The molecule has 0 bridgehead atoms. The van der Waals surface area contributed by atoms with Gasteiger partial charge in [-0.25, -0.2) is 0 Å². The Morgan fingerprint density at radius 1 is 1.33 bits per heavy atom. The van der Waals surface area contributed by atoms with Crippen LogP contribution in [0.15, 0.2) is 29.1 Å². The van der Waals surface area contributed by atoms with Crippen LogP contribution in [-0.4, -0.2) is 19.9 Å². The van der Waals surface area contributed by atoms with Crippen molar-refractivity contribution in [1.82, 2.24) is 15.0 Å². The number of nitro groups is 1. The van der Waals surface area contributed by atoms with E-state index in [1.807, 2.05) is 0 Å². The predicted molar refractivity (Wildman–Crippen MR) is 78.0 cm³/mol. The number of rotatable bonds is 2. The third-order valence-corrected chi connectivity index (χ3v) is 3.21. The number of nitrogens with zero attached hydrogens (tertiary/aromatic N) is 2. The largest absolute Gasteiger partial charge is 0.369 e. The van der Waals surface area contributed by atoms with Crippen LogP contribution in [0.25, 0.3) is 22.2 Å². The summed E-state index contributed by atoms with van der Waals surface area (Å²) in [7, 11) is 0. The van der Waals surface area contributed by atoms with Crippen LogP contribution < -0.4 is 11.3 Å². The average Bonchev–Trinajstić information content (AvgIpc) is 2.75. The molecule has 0 fully saturated rings. The number of hydrogen-bond donors (Lipinski definition) is 3. The highest BCUT2D eigenvalue weighted by Crippen LogP contribution is 2.31. The van der Waals surface area contributed by atoms with Crippen molar-refractivity contribution in [3.05, 3.63) is 50.4 Å². The van der Waals surface area contributed by atoms with Crippen LogP contribution in [0.2, 0.25) is 0 Å². The Morgan fingerprint density at radius 3 is 2.81 bits per heavy atom. The molecule has 0 unspecified atom stereocenters. The number of non-ortho nitro benzene ring substituents is 1. The van der Waals surface area contributed by atoms with Crippen molar-refractivity contribution in [3.63, 3.8) is 0 Å². The minimum atomic E-state index is -0.478. The van der Waals surface area contributed by atoms with Crippen LogP contribution in [-0.2, 0) is 0 Å². The number of benzene rings is 1. The Hall–Kier alpha value is -3.16. The van der Waals surface area contributed by atoms with Crippen LogP contribution in [0.1, 0.15) is 5.69 Å². The molecule has 0 radical (unpaired) electrons. The summed E-state index contributed by atoms with van der Waals surface area (Å²) in [5, 5.41) is 11.2. The van der Waals surface area contributed by atoms with E-state index in [2.05, 4.69) is 15.0 Å². The van der Waals surface area contributed by atoms with Gasteiger partial charge in [0.15, 0.2) is 0 Å². The Morgan fingerprint density at radius 2 is 2.10 bits per heavy atom. The summed E-state index contributed by atoms with van der Waals surface area (Å²) in [4.78, 5) is 31.9. The molecule has 0 atom stereocenters. The molecule has 2 aromatic heterocycles. The van der Waals surface area contributed by atoms with Crippen molar-refractivity contribution in [3.8, 4) is 11.1 Å². The highest BCUT2D eigenvalue weighted by Gasteiger charge is 2.17. The normalized spacial score (nSPS) is 10.9. The molecule has 0 aliphatic rings. The zero-order valence-electron chi connectivity index (χ0n) is 11.0. The SMILES string of the molecule is Cc1[nH]c2nc(N)[nH]c(=O)c2c1-c1cccc([N+](=O)[O-])c1. The summed E-state index contributed by atoms with van der Waals surface area (Å²) in [6, 6.07) is 6.10. The van der Waals surface area contributed by atoms with E-state index >= 15 is 0 Å². The van der Waals surface area contributed by atoms with E-state index in [1.54, 1.807) is 19.1 Å². The first-order valence-corrected chi connectivity index (χ1v) is 6.10. The lowest BCUT2D eigenvalue weighted by atomic mass is 10.0. The minimum Gasteiger partial charge on any atom is -0.369 e. The zero-order chi connectivity index (χ0) is 15.1. The molecule has 0 saturated heterocycles. The highest BCUT2D eigenvalue weighted by atomic mass is 16.6. The van der Waals surface area contributed by atoms with E-state index in [-0.39, 0.29) is 17.2 Å². The quantitative estimate of drug-likeness (QED) is 0.487. The molecule has 3 aromatic rings. The number of aromatic nitrogens is 3. The zero-order valence-corrected chi connectivity index (χ0v) is 11.0. The van der Waals surface area contributed by atoms with Crippen molar-refractivity contribution < 1.29 is 4.92 Å². The van der Waals surface area contributed by atoms with Gasteiger partial charge >= 0.3 is 0 Å². The van der Waals surface area contributed by atoms with Gasteiger partial charge < -0.3 is 10.7 Å². The van der Waals surface area contributed by atoms with E-state index < -0.39 is 4.92 Å². The van der Waals surface area contributed by atoms with E-state index in [0.29, 0.717) is 27.9 Å². The van der Waals surface area contributed by atoms with Crippen molar-refractivity contribution >= 4 is 22.7 Å². The molecule has 3 rings (SSSR count). The van der Waals surface area contributed by atoms with Gasteiger partial charge in [0.1, 0.15) is 5.65 Å². The number of hydrogen-bond acceptors (Lipinski definition) is 5. The fraction of sp³-hybridized carbons (Fsp3) is 0.0769. The van der Waals surface area contributed by atoms with Crippen LogP contribution in [0.5, 0.6) is 0 Å². The third-order valence-electron chi connectivity index (χ3n) is 3.21. The van der Waals surface area contributed by atoms with Gasteiger partial charge in [0.25, 0.3) is 11.2 Å². The van der Waals surface area contributed by atoms with Gasteiger partial charge in [-0.1, -0.05) is 12.1 Å². The second-order valence-corrected chi connectivity index (χ2v) is 4.61. The first kappa shape index (κ1) is 12.9. The lowest BCUT2D eigenvalue weighted by molar-refractivity contribution is -0.384. The lowest BCUT2D eigenvalue weighted by Gasteiger charge is -2.01. The van der Waals surface area contributed by atoms with Gasteiger partial charge in [-0.2, -0.15) is 4.98 Å². The molecule has 0 amide bonds. The van der Waals surface area contributed by atoms with Crippen LogP contribution >= 0.6 is 0 Å². The van der Waals surface area contributed by atoms with Crippen molar-refractivity contribution in [2.45, 2.75) is 6.92 Å². The van der Waals surface area contributed by atoms with Crippen molar-refractivity contribution in [2.24, 2.45) is 0 Å². The second-order valence-electron chi connectivity index (χ2n) is 4.61. The van der Waals surface area contributed by atoms with E-state index in [0.717, 1.165) is 0 Å². The molecule has 0 aliphatic heterocycles. The Kier molecular flexibility index (Phi) is 2.72. The smallest absolute Gasteiger partial charge is 0.270 e. The van der Waals surface area contributed by atoms with Crippen LogP contribution in [0.3, 0.4) is 0 Å². The molecule has 8 nitrogen and oxygen atoms in total. The second kappa shape index (κ2) is 4.44. The maximum absolute atomic E-state index is 12.1. The molecule has 0 saturated carbocycles. The standard InChI is InChI=1S/C13H11N5O3/c1-6-9(7-3-2-4-8(5-7)18(20)21)10-11(15-6)16-13(14)17-12(10)19/h2-5H,1H3,(H4,14,15,16,17,19). The van der Waals surface area contributed by atoms with Gasteiger partial charge in [0.05, 0.1) is 10.3 Å². The number of nitro benzene ring substituents is 1. The predicted octanol–water partition coefficient (Wildman–Crippen LogP) is 1.72. The van der Waals surface area contributed by atoms with Crippen molar-refractivity contribution in [2.75, 3.05) is 5.73 Å². The van der Waals surface area contributed by atoms with Gasteiger partial charge in [0, 0.05) is 23.4 Å². The number of nitrogens with two attached hydrogens (primary N) is 1. The van der Waals surface area contributed by atoms with Gasteiger partial charge in [-0.05, 0) is 12.5 Å². The Balaban J connectivity index is 2.35. The molecular formula is C13H11N5O3. The van der Waals surface area contributed by atoms with Crippen LogP contribution in [0, 0.1) is 17.0 Å². The van der Waals surface area contributed by atoms with Gasteiger partial charge in [-0.15, -0.1) is 0 Å². The summed E-state index contributed by atoms with van der Waals surface area (Å²) in [5.74, 6) is 0.0133. The van der Waals surface area contributed by atoms with E-state index in [4.69, 9.17) is 5.73 Å². The van der Waals surface area contributed by atoms with E-state index in [9.17, 15) is 14.9 Å². The summed E-state index contributed by atoms with van der Waals surface area (Å²) in [6.07, 6.45) is 0. The maximum atomic E-state index is 12.1. The minimum absolute atomic E-state index is 0.0133. The number of nitrogen functional groups attached to an aromatic ring is 1. The fourth-order valence-electron chi connectivity index (χ4n) is 2.38.